The molecule has 23 heavy (non-hydrogen) atoms. The van der Waals surface area contributed by atoms with Gasteiger partial charge in [0.15, 0.2) is 0 Å². The molecule has 0 aliphatic heterocycles. The number of ether oxygens (including phenoxy) is 1. The zero-order chi connectivity index (χ0) is 15.9. The van der Waals surface area contributed by atoms with Crippen LogP contribution < -0.4 is 10.1 Å². The predicted molar refractivity (Wildman–Crippen MR) is 92.4 cm³/mol. The molecule has 0 bridgehead atoms. The third-order valence-corrected chi connectivity index (χ3v) is 3.72. The molecule has 0 saturated heterocycles. The van der Waals surface area contributed by atoms with Gasteiger partial charge in [-0.15, -0.1) is 0 Å². The van der Waals surface area contributed by atoms with Crippen LogP contribution >= 0.6 is 0 Å². The lowest BCUT2D eigenvalue weighted by atomic mass is 10.1. The number of hydrogen-bond acceptors (Lipinski definition) is 3. The number of nitrogens with zero attached hydrogens (tertiary/aromatic N) is 1. The van der Waals surface area contributed by atoms with Gasteiger partial charge in [0.2, 0.25) is 0 Å². The summed E-state index contributed by atoms with van der Waals surface area (Å²) in [5.74, 6) is 1.70. The maximum Gasteiger partial charge on any atom is 0.127 e. The molecule has 1 N–H and O–H groups in total. The van der Waals surface area contributed by atoms with Crippen LogP contribution in [-0.4, -0.2) is 4.98 Å². The molecule has 0 unspecified atom stereocenters. The maximum atomic E-state index is 5.80. The molecule has 3 rings (SSSR count). The van der Waals surface area contributed by atoms with Crippen molar-refractivity contribution in [3.05, 3.63) is 90.3 Å². The number of benzene rings is 2. The number of nitrogens with one attached hydrogen (secondary N) is 1. The average Bonchev–Trinajstić information content (AvgIpc) is 2.62. The molecule has 1 atom stereocenters. The topological polar surface area (TPSA) is 34.1 Å². The SMILES string of the molecule is C[C@@H](NCc1ccc(Oc2ccccc2)cc1)c1ccncc1. The van der Waals surface area contributed by atoms with E-state index in [0.29, 0.717) is 6.04 Å². The van der Waals surface area contributed by atoms with Gasteiger partial charge >= 0.3 is 0 Å². The molecule has 0 spiro atoms. The first kappa shape index (κ1) is 15.3. The Bertz CT molecular complexity index is 712. The van der Waals surface area contributed by atoms with Crippen LogP contribution in [0.2, 0.25) is 0 Å². The van der Waals surface area contributed by atoms with Crippen molar-refractivity contribution in [2.24, 2.45) is 0 Å². The Labute approximate surface area is 137 Å². The summed E-state index contributed by atoms with van der Waals surface area (Å²) in [5, 5.41) is 3.52. The van der Waals surface area contributed by atoms with Gasteiger partial charge < -0.3 is 10.1 Å². The monoisotopic (exact) mass is 304 g/mol. The molecule has 3 nitrogen and oxygen atoms in total. The smallest absolute Gasteiger partial charge is 0.127 e. The summed E-state index contributed by atoms with van der Waals surface area (Å²) in [6, 6.07) is 22.4. The van der Waals surface area contributed by atoms with Crippen molar-refractivity contribution in [3.63, 3.8) is 0 Å². The van der Waals surface area contributed by atoms with Crippen molar-refractivity contribution < 1.29 is 4.74 Å². The molecule has 0 saturated carbocycles. The Hall–Kier alpha value is -2.65. The van der Waals surface area contributed by atoms with E-state index in [4.69, 9.17) is 4.74 Å². The van der Waals surface area contributed by atoms with Crippen molar-refractivity contribution in [2.75, 3.05) is 0 Å². The Morgan fingerprint density at radius 2 is 1.52 bits per heavy atom. The fourth-order valence-electron chi connectivity index (χ4n) is 2.34. The van der Waals surface area contributed by atoms with Crippen LogP contribution in [0.25, 0.3) is 0 Å². The van der Waals surface area contributed by atoms with Crippen molar-refractivity contribution in [1.29, 1.82) is 0 Å². The average molecular weight is 304 g/mol. The van der Waals surface area contributed by atoms with E-state index in [1.165, 1.54) is 11.1 Å². The second kappa shape index (κ2) is 7.56. The molecule has 2 aromatic carbocycles. The van der Waals surface area contributed by atoms with Crippen molar-refractivity contribution in [2.45, 2.75) is 19.5 Å². The van der Waals surface area contributed by atoms with Gasteiger partial charge in [-0.25, -0.2) is 0 Å². The minimum Gasteiger partial charge on any atom is -0.457 e. The normalized spacial score (nSPS) is 11.9. The molecule has 3 heteroatoms. The minimum absolute atomic E-state index is 0.290. The van der Waals surface area contributed by atoms with Crippen LogP contribution in [-0.2, 0) is 6.54 Å². The molecular formula is C20H20N2O. The van der Waals surface area contributed by atoms with Gasteiger partial charge in [0, 0.05) is 25.0 Å². The molecule has 0 amide bonds. The molecule has 1 aromatic heterocycles. The fourth-order valence-corrected chi connectivity index (χ4v) is 2.34. The maximum absolute atomic E-state index is 5.80. The van der Waals surface area contributed by atoms with Crippen LogP contribution in [0.15, 0.2) is 79.1 Å². The quantitative estimate of drug-likeness (QED) is 0.715. The van der Waals surface area contributed by atoms with E-state index in [0.717, 1.165) is 18.0 Å². The Morgan fingerprint density at radius 3 is 2.22 bits per heavy atom. The van der Waals surface area contributed by atoms with Gasteiger partial charge in [0.1, 0.15) is 11.5 Å². The minimum atomic E-state index is 0.290. The molecule has 0 fully saturated rings. The van der Waals surface area contributed by atoms with E-state index >= 15 is 0 Å². The molecule has 116 valence electrons. The summed E-state index contributed by atoms with van der Waals surface area (Å²) in [5.41, 5.74) is 2.47. The van der Waals surface area contributed by atoms with Gasteiger partial charge in [-0.2, -0.15) is 0 Å². The Kier molecular flexibility index (Phi) is 5.02. The lowest BCUT2D eigenvalue weighted by Crippen LogP contribution is -2.17. The summed E-state index contributed by atoms with van der Waals surface area (Å²) in [6.45, 7) is 2.97. The molecule has 0 aliphatic rings. The van der Waals surface area contributed by atoms with E-state index in [-0.39, 0.29) is 0 Å². The highest BCUT2D eigenvalue weighted by molar-refractivity contribution is 5.33. The first-order valence-corrected chi connectivity index (χ1v) is 7.76. The van der Waals surface area contributed by atoms with Gasteiger partial charge in [-0.3, -0.25) is 4.98 Å². The molecule has 0 aliphatic carbocycles. The van der Waals surface area contributed by atoms with Crippen molar-refractivity contribution in [1.82, 2.24) is 10.3 Å². The van der Waals surface area contributed by atoms with Crippen molar-refractivity contribution >= 4 is 0 Å². The third kappa shape index (κ3) is 4.41. The van der Waals surface area contributed by atoms with Crippen LogP contribution in [0.5, 0.6) is 11.5 Å². The number of rotatable bonds is 6. The molecule has 0 radical (unpaired) electrons. The van der Waals surface area contributed by atoms with E-state index in [1.807, 2.05) is 67.0 Å². The largest absolute Gasteiger partial charge is 0.457 e. The molecule has 3 aromatic rings. The summed E-state index contributed by atoms with van der Waals surface area (Å²) < 4.78 is 5.80. The number of hydrogen-bond donors (Lipinski definition) is 1. The van der Waals surface area contributed by atoms with Gasteiger partial charge in [0.25, 0.3) is 0 Å². The number of aromatic nitrogens is 1. The van der Waals surface area contributed by atoms with Crippen LogP contribution in [0, 0.1) is 0 Å². The van der Waals surface area contributed by atoms with E-state index in [2.05, 4.69) is 29.4 Å². The highest BCUT2D eigenvalue weighted by Gasteiger charge is 2.04. The van der Waals surface area contributed by atoms with Crippen LogP contribution in [0.4, 0.5) is 0 Å². The highest BCUT2D eigenvalue weighted by Crippen LogP contribution is 2.21. The lowest BCUT2D eigenvalue weighted by molar-refractivity contribution is 0.482. The van der Waals surface area contributed by atoms with E-state index in [9.17, 15) is 0 Å². The van der Waals surface area contributed by atoms with Crippen LogP contribution in [0.1, 0.15) is 24.1 Å². The summed E-state index contributed by atoms with van der Waals surface area (Å²) in [7, 11) is 0. The second-order valence-corrected chi connectivity index (χ2v) is 5.44. The summed E-state index contributed by atoms with van der Waals surface area (Å²) in [4.78, 5) is 4.05. The highest BCUT2D eigenvalue weighted by atomic mass is 16.5. The number of para-hydroxylation sites is 1. The zero-order valence-corrected chi connectivity index (χ0v) is 13.1. The Balaban J connectivity index is 1.55. The van der Waals surface area contributed by atoms with Gasteiger partial charge in [0.05, 0.1) is 0 Å². The van der Waals surface area contributed by atoms with Gasteiger partial charge in [-0.05, 0) is 54.4 Å². The zero-order valence-electron chi connectivity index (χ0n) is 13.1. The van der Waals surface area contributed by atoms with Gasteiger partial charge in [-0.1, -0.05) is 30.3 Å². The van der Waals surface area contributed by atoms with E-state index in [1.54, 1.807) is 0 Å². The molecular weight excluding hydrogens is 284 g/mol. The Morgan fingerprint density at radius 1 is 0.870 bits per heavy atom. The standard InChI is InChI=1S/C20H20N2O/c1-16(18-11-13-21-14-12-18)22-15-17-7-9-20(10-8-17)23-19-5-3-2-4-6-19/h2-14,16,22H,15H2,1H3/t16-/m1/s1. The number of pyridine rings is 1. The first-order valence-electron chi connectivity index (χ1n) is 7.76. The van der Waals surface area contributed by atoms with E-state index < -0.39 is 0 Å². The second-order valence-electron chi connectivity index (χ2n) is 5.44. The fraction of sp³-hybridized carbons (Fsp3) is 0.150. The molecule has 1 heterocycles. The predicted octanol–water partition coefficient (Wildman–Crippen LogP) is 4.72. The third-order valence-electron chi connectivity index (χ3n) is 3.72. The van der Waals surface area contributed by atoms with Crippen molar-refractivity contribution in [3.8, 4) is 11.5 Å². The summed E-state index contributed by atoms with van der Waals surface area (Å²) >= 11 is 0. The lowest BCUT2D eigenvalue weighted by Gasteiger charge is -2.14. The summed E-state index contributed by atoms with van der Waals surface area (Å²) in [6.07, 6.45) is 3.65. The first-order chi connectivity index (χ1) is 11.3. The van der Waals surface area contributed by atoms with Crippen LogP contribution in [0.3, 0.4) is 0 Å².